The molecule has 0 saturated carbocycles. The number of ether oxygens (including phenoxy) is 1. The normalized spacial score (nSPS) is 17.9. The molecule has 0 bridgehead atoms. The molecule has 2 amide bonds. The lowest BCUT2D eigenvalue weighted by atomic mass is 9.92. The molecule has 0 aliphatic carbocycles. The molecular formula is C31H41N7O3. The summed E-state index contributed by atoms with van der Waals surface area (Å²) in [6.45, 7) is 8.82. The van der Waals surface area contributed by atoms with Crippen LogP contribution in [0.1, 0.15) is 45.1 Å². The van der Waals surface area contributed by atoms with Crippen LogP contribution in [0.2, 0.25) is 0 Å². The number of carbonyl (C=O) groups is 2. The van der Waals surface area contributed by atoms with Gasteiger partial charge in [-0.05, 0) is 51.7 Å². The van der Waals surface area contributed by atoms with E-state index in [1.165, 1.54) is 0 Å². The van der Waals surface area contributed by atoms with Crippen LogP contribution in [0.5, 0.6) is 5.75 Å². The molecule has 1 aromatic carbocycles. The monoisotopic (exact) mass is 559 g/mol. The van der Waals surface area contributed by atoms with Crippen molar-refractivity contribution in [1.29, 1.82) is 0 Å². The van der Waals surface area contributed by atoms with Gasteiger partial charge in [-0.1, -0.05) is 18.2 Å². The number of amides is 2. The second-order valence-corrected chi connectivity index (χ2v) is 10.8. The van der Waals surface area contributed by atoms with E-state index in [4.69, 9.17) is 9.72 Å². The van der Waals surface area contributed by atoms with Crippen molar-refractivity contribution in [2.45, 2.75) is 46.1 Å². The summed E-state index contributed by atoms with van der Waals surface area (Å²) in [6.07, 6.45) is 6.87. The summed E-state index contributed by atoms with van der Waals surface area (Å²) in [5.74, 6) is 2.54. The van der Waals surface area contributed by atoms with Gasteiger partial charge in [0, 0.05) is 69.7 Å². The van der Waals surface area contributed by atoms with Gasteiger partial charge in [-0.3, -0.25) is 9.59 Å². The summed E-state index contributed by atoms with van der Waals surface area (Å²) in [5.41, 5.74) is 1.83. The number of piperidine rings is 2. The molecule has 2 aromatic heterocycles. The number of anilines is 2. The Kier molecular flexibility index (Phi) is 9.16. The summed E-state index contributed by atoms with van der Waals surface area (Å²) < 4.78 is 5.45. The summed E-state index contributed by atoms with van der Waals surface area (Å²) in [6, 6.07) is 9.76. The molecule has 5 rings (SSSR count). The molecule has 2 saturated heterocycles. The largest absolute Gasteiger partial charge is 0.496 e. The molecule has 3 aromatic rings. The van der Waals surface area contributed by atoms with Crippen molar-refractivity contribution in [2.75, 3.05) is 56.6 Å². The Balaban J connectivity index is 1.22. The summed E-state index contributed by atoms with van der Waals surface area (Å²) >= 11 is 0. The van der Waals surface area contributed by atoms with Gasteiger partial charge in [0.15, 0.2) is 0 Å². The molecule has 1 atom stereocenters. The van der Waals surface area contributed by atoms with Crippen molar-refractivity contribution in [3.63, 3.8) is 0 Å². The molecule has 4 heterocycles. The molecule has 0 radical (unpaired) electrons. The number of carbonyl (C=O) groups excluding carboxylic acids is 2. The van der Waals surface area contributed by atoms with E-state index in [1.807, 2.05) is 60.2 Å². The van der Waals surface area contributed by atoms with E-state index in [9.17, 15) is 9.59 Å². The van der Waals surface area contributed by atoms with E-state index < -0.39 is 0 Å². The number of nitrogens with one attached hydrogen (secondary N) is 1. The van der Waals surface area contributed by atoms with Crippen molar-refractivity contribution in [3.8, 4) is 5.75 Å². The van der Waals surface area contributed by atoms with E-state index in [0.29, 0.717) is 32.1 Å². The Morgan fingerprint density at radius 3 is 2.56 bits per heavy atom. The number of pyridine rings is 1. The molecular weight excluding hydrogens is 518 g/mol. The fourth-order valence-electron chi connectivity index (χ4n) is 6.07. The number of hydrogen-bond acceptors (Lipinski definition) is 8. The maximum absolute atomic E-state index is 13.5. The second-order valence-electron chi connectivity index (χ2n) is 10.8. The molecule has 1 N–H and O–H groups in total. The molecule has 218 valence electrons. The first-order valence-corrected chi connectivity index (χ1v) is 14.8. The van der Waals surface area contributed by atoms with Gasteiger partial charge < -0.3 is 24.8 Å². The van der Waals surface area contributed by atoms with E-state index in [1.54, 1.807) is 13.3 Å². The van der Waals surface area contributed by atoms with E-state index in [-0.39, 0.29) is 23.7 Å². The van der Waals surface area contributed by atoms with Crippen LogP contribution in [-0.2, 0) is 16.1 Å². The van der Waals surface area contributed by atoms with Crippen molar-refractivity contribution in [3.05, 3.63) is 48.3 Å². The first-order chi connectivity index (χ1) is 20.0. The van der Waals surface area contributed by atoms with E-state index >= 15 is 0 Å². The minimum atomic E-state index is -0.0847. The molecule has 10 nitrogen and oxygen atoms in total. The Hall–Kier alpha value is -3.95. The van der Waals surface area contributed by atoms with Crippen LogP contribution < -0.4 is 15.0 Å². The lowest BCUT2D eigenvalue weighted by Crippen LogP contribution is -2.49. The Morgan fingerprint density at radius 2 is 1.80 bits per heavy atom. The van der Waals surface area contributed by atoms with Gasteiger partial charge in [-0.15, -0.1) is 0 Å². The lowest BCUT2D eigenvalue weighted by Gasteiger charge is -2.38. The number of rotatable bonds is 9. The van der Waals surface area contributed by atoms with E-state index in [2.05, 4.69) is 20.2 Å². The Morgan fingerprint density at radius 1 is 1.02 bits per heavy atom. The maximum Gasteiger partial charge on any atom is 0.227 e. The number of likely N-dealkylation sites (tertiary alicyclic amines) is 1. The molecule has 41 heavy (non-hydrogen) atoms. The van der Waals surface area contributed by atoms with Crippen LogP contribution in [0.3, 0.4) is 0 Å². The standard InChI is InChI=1S/C31H41N7O3/c1-4-36(5-2)29(39)22-13-17-37(18-14-22)30(40)24-10-8-16-38(21-24)28-25-20-34-31(35-26(25)12-15-32-28)33-19-23-9-6-7-11-27(23)41-3/h6-7,9,11-12,15,20,22,24H,4-5,8,10,13-14,16-19,21H2,1-3H3,(H,33,34,35). The third-order valence-corrected chi connectivity index (χ3v) is 8.42. The van der Waals surface area contributed by atoms with Gasteiger partial charge in [0.2, 0.25) is 17.8 Å². The third-order valence-electron chi connectivity index (χ3n) is 8.42. The minimum absolute atomic E-state index is 0.0239. The maximum atomic E-state index is 13.5. The van der Waals surface area contributed by atoms with Crippen LogP contribution in [0.25, 0.3) is 10.9 Å². The van der Waals surface area contributed by atoms with Gasteiger partial charge >= 0.3 is 0 Å². The third kappa shape index (κ3) is 6.36. The highest BCUT2D eigenvalue weighted by molar-refractivity contribution is 5.90. The number of nitrogens with zero attached hydrogens (tertiary/aromatic N) is 6. The summed E-state index contributed by atoms with van der Waals surface area (Å²) in [4.78, 5) is 46.4. The predicted octanol–water partition coefficient (Wildman–Crippen LogP) is 3.97. The van der Waals surface area contributed by atoms with Crippen LogP contribution in [-0.4, -0.2) is 82.9 Å². The van der Waals surface area contributed by atoms with Gasteiger partial charge in [0.25, 0.3) is 0 Å². The fourth-order valence-corrected chi connectivity index (χ4v) is 6.07. The Bertz CT molecular complexity index is 1350. The minimum Gasteiger partial charge on any atom is -0.496 e. The topological polar surface area (TPSA) is 104 Å². The molecule has 0 spiro atoms. The van der Waals surface area contributed by atoms with Gasteiger partial charge in [-0.2, -0.15) is 0 Å². The first kappa shape index (κ1) is 28.6. The van der Waals surface area contributed by atoms with Crippen molar-refractivity contribution >= 4 is 34.5 Å². The smallest absolute Gasteiger partial charge is 0.227 e. The first-order valence-electron chi connectivity index (χ1n) is 14.8. The fraction of sp³-hybridized carbons (Fsp3) is 0.516. The second kappa shape index (κ2) is 13.1. The van der Waals surface area contributed by atoms with Crippen LogP contribution in [0.4, 0.5) is 11.8 Å². The highest BCUT2D eigenvalue weighted by Crippen LogP contribution is 2.30. The van der Waals surface area contributed by atoms with Crippen molar-refractivity contribution < 1.29 is 14.3 Å². The molecule has 10 heteroatoms. The quantitative estimate of drug-likeness (QED) is 0.420. The number of benzene rings is 1. The highest BCUT2D eigenvalue weighted by atomic mass is 16.5. The van der Waals surface area contributed by atoms with Crippen LogP contribution in [0, 0.1) is 11.8 Å². The number of hydrogen-bond donors (Lipinski definition) is 1. The molecule has 2 fully saturated rings. The molecule has 2 aliphatic rings. The predicted molar refractivity (Wildman–Crippen MR) is 160 cm³/mol. The zero-order chi connectivity index (χ0) is 28.8. The highest BCUT2D eigenvalue weighted by Gasteiger charge is 2.34. The van der Waals surface area contributed by atoms with Crippen molar-refractivity contribution in [2.24, 2.45) is 11.8 Å². The lowest BCUT2D eigenvalue weighted by molar-refractivity contribution is -0.142. The van der Waals surface area contributed by atoms with Gasteiger partial charge in [-0.25, -0.2) is 15.0 Å². The number of methoxy groups -OCH3 is 1. The summed E-state index contributed by atoms with van der Waals surface area (Å²) in [7, 11) is 1.66. The average Bonchev–Trinajstić information content (AvgIpc) is 3.03. The van der Waals surface area contributed by atoms with E-state index in [0.717, 1.165) is 73.4 Å². The average molecular weight is 560 g/mol. The van der Waals surface area contributed by atoms with Crippen LogP contribution >= 0.6 is 0 Å². The van der Waals surface area contributed by atoms with Crippen LogP contribution in [0.15, 0.2) is 42.7 Å². The zero-order valence-electron chi connectivity index (χ0n) is 24.4. The number of aromatic nitrogens is 3. The molecule has 2 aliphatic heterocycles. The van der Waals surface area contributed by atoms with Gasteiger partial charge in [0.05, 0.1) is 23.9 Å². The molecule has 1 unspecified atom stereocenters. The van der Waals surface area contributed by atoms with Gasteiger partial charge in [0.1, 0.15) is 11.6 Å². The number of fused-ring (bicyclic) bond motifs is 1. The summed E-state index contributed by atoms with van der Waals surface area (Å²) in [5, 5.41) is 4.17. The zero-order valence-corrected chi connectivity index (χ0v) is 24.4. The number of para-hydroxylation sites is 1. The Labute approximate surface area is 242 Å². The van der Waals surface area contributed by atoms with Crippen molar-refractivity contribution in [1.82, 2.24) is 24.8 Å². The SMILES string of the molecule is CCN(CC)C(=O)C1CCN(C(=O)C2CCCN(c3nccc4nc(NCc5ccccc5OC)ncc34)C2)CC1.